The molecule has 1 amide bonds. The SMILES string of the molecule is O=C(Cn1cnc2ccccc2c1=O)NCc1nccc(N2CCOCC2)n1. The lowest BCUT2D eigenvalue weighted by Gasteiger charge is -2.27. The summed E-state index contributed by atoms with van der Waals surface area (Å²) >= 11 is 0. The van der Waals surface area contributed by atoms with Gasteiger partial charge in [0.05, 0.1) is 37.0 Å². The highest BCUT2D eigenvalue weighted by Gasteiger charge is 2.13. The van der Waals surface area contributed by atoms with Crippen LogP contribution in [0.1, 0.15) is 5.82 Å². The first kappa shape index (κ1) is 18.1. The first-order valence-corrected chi connectivity index (χ1v) is 9.06. The zero-order chi connectivity index (χ0) is 19.3. The number of nitrogens with one attached hydrogen (secondary N) is 1. The predicted molar refractivity (Wildman–Crippen MR) is 103 cm³/mol. The number of fused-ring (bicyclic) bond motifs is 1. The number of rotatable bonds is 5. The van der Waals surface area contributed by atoms with E-state index in [9.17, 15) is 9.59 Å². The number of ether oxygens (including phenoxy) is 1. The summed E-state index contributed by atoms with van der Waals surface area (Å²) in [6, 6.07) is 8.90. The lowest BCUT2D eigenvalue weighted by atomic mass is 10.2. The van der Waals surface area contributed by atoms with E-state index in [2.05, 4.69) is 25.2 Å². The number of para-hydroxylation sites is 1. The lowest BCUT2D eigenvalue weighted by Crippen LogP contribution is -2.37. The van der Waals surface area contributed by atoms with Gasteiger partial charge in [-0.3, -0.25) is 14.2 Å². The summed E-state index contributed by atoms with van der Waals surface area (Å²) in [7, 11) is 0. The average molecular weight is 380 g/mol. The normalized spacial score (nSPS) is 14.2. The molecule has 1 saturated heterocycles. The molecule has 1 N–H and O–H groups in total. The van der Waals surface area contributed by atoms with E-state index >= 15 is 0 Å². The van der Waals surface area contributed by atoms with Crippen LogP contribution in [0.15, 0.2) is 47.7 Å². The van der Waals surface area contributed by atoms with E-state index in [1.807, 2.05) is 12.1 Å². The van der Waals surface area contributed by atoms with Crippen LogP contribution in [-0.2, 0) is 22.6 Å². The summed E-state index contributed by atoms with van der Waals surface area (Å²) in [5, 5.41) is 3.24. The van der Waals surface area contributed by atoms with E-state index in [0.29, 0.717) is 29.9 Å². The molecule has 9 heteroatoms. The number of anilines is 1. The Kier molecular flexibility index (Phi) is 5.24. The van der Waals surface area contributed by atoms with E-state index in [1.165, 1.54) is 10.9 Å². The molecule has 4 rings (SSSR count). The Morgan fingerprint density at radius 1 is 1.14 bits per heavy atom. The molecule has 9 nitrogen and oxygen atoms in total. The van der Waals surface area contributed by atoms with Crippen molar-refractivity contribution < 1.29 is 9.53 Å². The molecule has 2 aromatic heterocycles. The van der Waals surface area contributed by atoms with Crippen molar-refractivity contribution in [2.45, 2.75) is 13.1 Å². The van der Waals surface area contributed by atoms with Crippen LogP contribution in [0.25, 0.3) is 10.9 Å². The monoisotopic (exact) mass is 380 g/mol. The van der Waals surface area contributed by atoms with Gasteiger partial charge in [0.2, 0.25) is 5.91 Å². The molecule has 0 atom stereocenters. The van der Waals surface area contributed by atoms with E-state index in [-0.39, 0.29) is 24.6 Å². The number of amides is 1. The predicted octanol–water partition coefficient (Wildman–Crippen LogP) is 0.339. The molecule has 0 bridgehead atoms. The Morgan fingerprint density at radius 2 is 1.96 bits per heavy atom. The fourth-order valence-electron chi connectivity index (χ4n) is 3.05. The van der Waals surface area contributed by atoms with Crippen LogP contribution in [0.4, 0.5) is 5.82 Å². The third-order valence-electron chi connectivity index (χ3n) is 4.51. The standard InChI is InChI=1S/C19H20N6O3/c26-18(12-25-13-22-15-4-2-1-3-14(15)19(25)27)21-11-16-20-6-5-17(23-16)24-7-9-28-10-8-24/h1-6,13H,7-12H2,(H,21,26). The lowest BCUT2D eigenvalue weighted by molar-refractivity contribution is -0.121. The fourth-order valence-corrected chi connectivity index (χ4v) is 3.05. The maximum atomic E-state index is 12.5. The zero-order valence-electron chi connectivity index (χ0n) is 15.2. The van der Waals surface area contributed by atoms with Gasteiger partial charge in [0.25, 0.3) is 5.56 Å². The smallest absolute Gasteiger partial charge is 0.261 e. The van der Waals surface area contributed by atoms with Gasteiger partial charge in [-0.2, -0.15) is 0 Å². The van der Waals surface area contributed by atoms with Gasteiger partial charge in [-0.15, -0.1) is 0 Å². The van der Waals surface area contributed by atoms with E-state index in [1.54, 1.807) is 24.4 Å². The third-order valence-corrected chi connectivity index (χ3v) is 4.51. The van der Waals surface area contributed by atoms with Gasteiger partial charge >= 0.3 is 0 Å². The largest absolute Gasteiger partial charge is 0.378 e. The van der Waals surface area contributed by atoms with Gasteiger partial charge in [0, 0.05) is 19.3 Å². The molecule has 0 aliphatic carbocycles. The molecule has 1 aliphatic heterocycles. The molecule has 0 saturated carbocycles. The van der Waals surface area contributed by atoms with Crippen molar-refractivity contribution in [3.05, 3.63) is 59.0 Å². The van der Waals surface area contributed by atoms with Crippen molar-refractivity contribution in [2.75, 3.05) is 31.2 Å². The van der Waals surface area contributed by atoms with Crippen LogP contribution in [0.2, 0.25) is 0 Å². The fraction of sp³-hybridized carbons (Fsp3) is 0.316. The number of hydrogen-bond acceptors (Lipinski definition) is 7. The minimum absolute atomic E-state index is 0.111. The quantitative estimate of drug-likeness (QED) is 0.681. The van der Waals surface area contributed by atoms with Crippen LogP contribution < -0.4 is 15.8 Å². The number of hydrogen-bond donors (Lipinski definition) is 1. The van der Waals surface area contributed by atoms with Gasteiger partial charge in [0.1, 0.15) is 18.2 Å². The molecule has 0 spiro atoms. The molecule has 0 radical (unpaired) electrons. The summed E-state index contributed by atoms with van der Waals surface area (Å²) in [6.07, 6.45) is 3.07. The van der Waals surface area contributed by atoms with E-state index in [0.717, 1.165) is 18.9 Å². The maximum Gasteiger partial charge on any atom is 0.261 e. The number of carbonyl (C=O) groups excluding carboxylic acids is 1. The molecule has 3 heterocycles. The van der Waals surface area contributed by atoms with Crippen molar-refractivity contribution >= 4 is 22.6 Å². The topological polar surface area (TPSA) is 102 Å². The van der Waals surface area contributed by atoms with Gasteiger partial charge in [-0.25, -0.2) is 15.0 Å². The van der Waals surface area contributed by atoms with E-state index < -0.39 is 0 Å². The highest BCUT2D eigenvalue weighted by Crippen LogP contribution is 2.11. The molecule has 1 fully saturated rings. The highest BCUT2D eigenvalue weighted by molar-refractivity contribution is 5.78. The molecule has 1 aliphatic rings. The summed E-state index contributed by atoms with van der Waals surface area (Å²) in [4.78, 5) is 39.8. The first-order valence-electron chi connectivity index (χ1n) is 9.06. The van der Waals surface area contributed by atoms with Crippen molar-refractivity contribution in [1.29, 1.82) is 0 Å². The molecular weight excluding hydrogens is 360 g/mol. The van der Waals surface area contributed by atoms with Crippen molar-refractivity contribution in [3.8, 4) is 0 Å². The summed E-state index contributed by atoms with van der Waals surface area (Å²) < 4.78 is 6.64. The molecule has 1 aromatic carbocycles. The Balaban J connectivity index is 1.40. The molecule has 0 unspecified atom stereocenters. The summed E-state index contributed by atoms with van der Waals surface area (Å²) in [6.45, 7) is 2.98. The molecule has 144 valence electrons. The molecule has 28 heavy (non-hydrogen) atoms. The van der Waals surface area contributed by atoms with Crippen molar-refractivity contribution in [3.63, 3.8) is 0 Å². The summed E-state index contributed by atoms with van der Waals surface area (Å²) in [5.41, 5.74) is 0.365. The van der Waals surface area contributed by atoms with Gasteiger partial charge in [-0.05, 0) is 18.2 Å². The molecular formula is C19H20N6O3. The second-order valence-electron chi connectivity index (χ2n) is 6.40. The van der Waals surface area contributed by atoms with Crippen LogP contribution >= 0.6 is 0 Å². The Morgan fingerprint density at radius 3 is 2.82 bits per heavy atom. The number of benzene rings is 1. The van der Waals surface area contributed by atoms with E-state index in [4.69, 9.17) is 4.74 Å². The molecule has 3 aromatic rings. The minimum Gasteiger partial charge on any atom is -0.378 e. The van der Waals surface area contributed by atoms with Gasteiger partial charge < -0.3 is 15.0 Å². The summed E-state index contributed by atoms with van der Waals surface area (Å²) in [5.74, 6) is 1.03. The van der Waals surface area contributed by atoms with Gasteiger partial charge in [0.15, 0.2) is 0 Å². The van der Waals surface area contributed by atoms with Crippen molar-refractivity contribution in [2.24, 2.45) is 0 Å². The number of carbonyl (C=O) groups is 1. The highest BCUT2D eigenvalue weighted by atomic mass is 16.5. The first-order chi connectivity index (χ1) is 13.7. The second-order valence-corrected chi connectivity index (χ2v) is 6.40. The van der Waals surface area contributed by atoms with Crippen LogP contribution in [0, 0.1) is 0 Å². The average Bonchev–Trinajstić information content (AvgIpc) is 2.75. The van der Waals surface area contributed by atoms with Gasteiger partial charge in [-0.1, -0.05) is 12.1 Å². The van der Waals surface area contributed by atoms with Crippen LogP contribution in [-0.4, -0.2) is 51.7 Å². The van der Waals surface area contributed by atoms with Crippen LogP contribution in [0.3, 0.4) is 0 Å². The Bertz CT molecular complexity index is 1050. The number of nitrogens with zero attached hydrogens (tertiary/aromatic N) is 5. The minimum atomic E-state index is -0.306. The Labute approximate surface area is 161 Å². The maximum absolute atomic E-state index is 12.5. The second kappa shape index (κ2) is 8.13. The number of aromatic nitrogens is 4. The Hall–Kier alpha value is -3.33. The third kappa shape index (κ3) is 3.99. The van der Waals surface area contributed by atoms with Crippen LogP contribution in [0.5, 0.6) is 0 Å². The van der Waals surface area contributed by atoms with Crippen molar-refractivity contribution in [1.82, 2.24) is 24.8 Å². The number of morpholine rings is 1. The zero-order valence-corrected chi connectivity index (χ0v) is 15.2.